The largest absolute Gasteiger partial charge is 0.493 e. The van der Waals surface area contributed by atoms with Crippen LogP contribution in [0.2, 0.25) is 0 Å². The molecule has 3 amide bonds. The van der Waals surface area contributed by atoms with Crippen molar-refractivity contribution in [1.82, 2.24) is 15.5 Å². The van der Waals surface area contributed by atoms with Crippen molar-refractivity contribution in [3.63, 3.8) is 0 Å². The SMILES string of the molecule is COc1cc2ccc1Oc1cccc(F)c1CNC(=O)CCCN(C(=O)CC13CC4CC(CC(O)(C4)C1)C3)CCCNC2=O. The molecule has 0 spiro atoms. The van der Waals surface area contributed by atoms with Crippen molar-refractivity contribution < 1.29 is 33.4 Å². The smallest absolute Gasteiger partial charge is 0.251 e. The van der Waals surface area contributed by atoms with Crippen LogP contribution in [0.1, 0.15) is 80.1 Å². The Bertz CT molecular complexity index is 1420. The Morgan fingerprint density at radius 3 is 2.59 bits per heavy atom. The first-order valence-corrected chi connectivity index (χ1v) is 15.8. The van der Waals surface area contributed by atoms with E-state index in [1.54, 1.807) is 24.3 Å². The van der Waals surface area contributed by atoms with Crippen LogP contribution in [0.5, 0.6) is 17.2 Å². The van der Waals surface area contributed by atoms with Crippen LogP contribution in [0.25, 0.3) is 0 Å². The van der Waals surface area contributed by atoms with E-state index in [4.69, 9.17) is 9.47 Å². The number of carbonyl (C=O) groups is 3. The molecule has 4 fully saturated rings. The fourth-order valence-electron chi connectivity index (χ4n) is 8.50. The zero-order valence-corrected chi connectivity index (χ0v) is 25.3. The van der Waals surface area contributed by atoms with E-state index in [9.17, 15) is 23.9 Å². The van der Waals surface area contributed by atoms with E-state index in [-0.39, 0.29) is 47.4 Å². The van der Waals surface area contributed by atoms with Gasteiger partial charge in [-0.05, 0) is 98.9 Å². The maximum Gasteiger partial charge on any atom is 0.251 e. The first kappa shape index (κ1) is 30.4. The Hall–Kier alpha value is -3.66. The summed E-state index contributed by atoms with van der Waals surface area (Å²) in [5.41, 5.74) is -0.219. The molecule has 8 rings (SSSR count). The fraction of sp³-hybridized carbons (Fsp3) is 0.559. The lowest BCUT2D eigenvalue weighted by Crippen LogP contribution is -2.56. The van der Waals surface area contributed by atoms with E-state index in [1.165, 1.54) is 19.2 Å². The quantitative estimate of drug-likeness (QED) is 0.466. The number of rotatable bonds is 3. The number of aliphatic hydroxyl groups is 1. The molecule has 4 aliphatic carbocycles. The summed E-state index contributed by atoms with van der Waals surface area (Å²) in [6, 6.07) is 9.21. The van der Waals surface area contributed by atoms with Gasteiger partial charge in [0.05, 0.1) is 12.7 Å². The molecule has 0 aromatic heterocycles. The monoisotopic (exact) mass is 607 g/mol. The van der Waals surface area contributed by atoms with E-state index < -0.39 is 11.4 Å². The second-order valence-corrected chi connectivity index (χ2v) is 13.4. The first-order valence-electron chi connectivity index (χ1n) is 15.8. The molecule has 6 bridgehead atoms. The number of nitrogens with one attached hydrogen (secondary N) is 2. The van der Waals surface area contributed by atoms with Gasteiger partial charge in [0.2, 0.25) is 11.8 Å². The number of carbonyl (C=O) groups excluding carboxylic acids is 3. The van der Waals surface area contributed by atoms with Crippen molar-refractivity contribution in [1.29, 1.82) is 0 Å². The van der Waals surface area contributed by atoms with Crippen LogP contribution in [0.4, 0.5) is 4.39 Å². The molecule has 2 unspecified atom stereocenters. The molecule has 2 aliphatic heterocycles. The average Bonchev–Trinajstić information content (AvgIpc) is 2.96. The second-order valence-electron chi connectivity index (χ2n) is 13.4. The van der Waals surface area contributed by atoms with E-state index in [1.807, 2.05) is 4.90 Å². The van der Waals surface area contributed by atoms with Crippen molar-refractivity contribution >= 4 is 17.7 Å². The zero-order chi connectivity index (χ0) is 30.9. The molecule has 0 radical (unpaired) electrons. The molecule has 2 heterocycles. The van der Waals surface area contributed by atoms with Crippen LogP contribution in [0, 0.1) is 23.1 Å². The van der Waals surface area contributed by atoms with Crippen LogP contribution in [0.3, 0.4) is 0 Å². The third kappa shape index (κ3) is 6.55. The van der Waals surface area contributed by atoms with Crippen LogP contribution < -0.4 is 20.1 Å². The molecule has 9 nitrogen and oxygen atoms in total. The van der Waals surface area contributed by atoms with Gasteiger partial charge in [-0.3, -0.25) is 14.4 Å². The highest BCUT2D eigenvalue weighted by Gasteiger charge is 2.57. The second kappa shape index (κ2) is 12.4. The van der Waals surface area contributed by atoms with Gasteiger partial charge in [0, 0.05) is 50.1 Å². The Kier molecular flexibility index (Phi) is 8.55. The van der Waals surface area contributed by atoms with E-state index >= 15 is 0 Å². The van der Waals surface area contributed by atoms with Crippen molar-refractivity contribution in [2.75, 3.05) is 26.7 Å². The molecule has 4 saturated carbocycles. The summed E-state index contributed by atoms with van der Waals surface area (Å²) >= 11 is 0. The van der Waals surface area contributed by atoms with Gasteiger partial charge in [0.25, 0.3) is 5.91 Å². The van der Waals surface area contributed by atoms with Gasteiger partial charge in [-0.2, -0.15) is 0 Å². The van der Waals surface area contributed by atoms with Gasteiger partial charge < -0.3 is 30.1 Å². The minimum atomic E-state index is -0.636. The van der Waals surface area contributed by atoms with Gasteiger partial charge >= 0.3 is 0 Å². The normalized spacial score (nSPS) is 29.0. The Morgan fingerprint density at radius 2 is 1.84 bits per heavy atom. The van der Waals surface area contributed by atoms with Gasteiger partial charge in [0.15, 0.2) is 11.5 Å². The maximum absolute atomic E-state index is 14.9. The maximum atomic E-state index is 14.9. The number of amides is 3. The lowest BCUT2D eigenvalue weighted by atomic mass is 9.47. The summed E-state index contributed by atoms with van der Waals surface area (Å²) in [6.45, 7) is 1.15. The molecule has 2 aromatic carbocycles. The van der Waals surface area contributed by atoms with Gasteiger partial charge in [-0.1, -0.05) is 6.07 Å². The Balaban J connectivity index is 1.19. The molecule has 236 valence electrons. The van der Waals surface area contributed by atoms with Gasteiger partial charge in [-0.25, -0.2) is 4.39 Å². The molecular weight excluding hydrogens is 565 g/mol. The Labute approximate surface area is 257 Å². The van der Waals surface area contributed by atoms with Crippen molar-refractivity contribution in [3.8, 4) is 17.2 Å². The molecule has 0 saturated heterocycles. The number of nitrogens with zero attached hydrogens (tertiary/aromatic N) is 1. The molecule has 10 heteroatoms. The lowest BCUT2D eigenvalue weighted by Gasteiger charge is -2.60. The predicted octanol–water partition coefficient (Wildman–Crippen LogP) is 4.71. The molecule has 6 aliphatic rings. The van der Waals surface area contributed by atoms with Crippen LogP contribution in [-0.2, 0) is 16.1 Å². The number of hydrogen-bond donors (Lipinski definition) is 3. The van der Waals surface area contributed by atoms with Gasteiger partial charge in [0.1, 0.15) is 11.6 Å². The summed E-state index contributed by atoms with van der Waals surface area (Å²) in [7, 11) is 1.46. The van der Waals surface area contributed by atoms with Crippen molar-refractivity contribution in [3.05, 3.63) is 53.3 Å². The number of halogens is 1. The molecule has 2 aromatic rings. The van der Waals surface area contributed by atoms with Crippen LogP contribution in [-0.4, -0.2) is 60.1 Å². The molecular formula is C34H42FN3O6. The topological polar surface area (TPSA) is 117 Å². The van der Waals surface area contributed by atoms with Gasteiger partial charge in [-0.15, -0.1) is 0 Å². The van der Waals surface area contributed by atoms with E-state index in [0.29, 0.717) is 74.2 Å². The molecule has 44 heavy (non-hydrogen) atoms. The summed E-state index contributed by atoms with van der Waals surface area (Å²) < 4.78 is 26.3. The average molecular weight is 608 g/mol. The van der Waals surface area contributed by atoms with Crippen LogP contribution >= 0.6 is 0 Å². The summed E-state index contributed by atoms with van der Waals surface area (Å²) in [5.74, 6) is 0.814. The minimum Gasteiger partial charge on any atom is -0.493 e. The number of ether oxygens (including phenoxy) is 2. The highest BCUT2D eigenvalue weighted by atomic mass is 19.1. The third-order valence-corrected chi connectivity index (χ3v) is 9.94. The number of hydrogen-bond acceptors (Lipinski definition) is 6. The molecule has 3 N–H and O–H groups in total. The number of methoxy groups -OCH3 is 1. The Morgan fingerprint density at radius 1 is 1.07 bits per heavy atom. The highest BCUT2D eigenvalue weighted by Crippen LogP contribution is 2.63. The summed E-state index contributed by atoms with van der Waals surface area (Å²) in [5, 5.41) is 16.9. The zero-order valence-electron chi connectivity index (χ0n) is 25.3. The molecule has 2 atom stereocenters. The predicted molar refractivity (Wildman–Crippen MR) is 161 cm³/mol. The van der Waals surface area contributed by atoms with Crippen LogP contribution in [0.15, 0.2) is 36.4 Å². The van der Waals surface area contributed by atoms with E-state index in [0.717, 1.165) is 32.1 Å². The summed E-state index contributed by atoms with van der Waals surface area (Å²) in [6.07, 6.45) is 7.13. The standard InChI is InChI=1S/C34H42FN3O6/c1-43-29-14-24-8-9-28(29)44-27-6-2-5-26(35)25(27)20-37-30(39)7-3-11-38(12-4-10-36-32(24)41)31(40)19-33-15-22-13-23(16-33)18-34(42,17-22)21-33/h2,5-6,8-9,14,22-23,42H,3-4,7,10-13,15-21H2,1H3,(H,36,41)(H,37,39). The highest BCUT2D eigenvalue weighted by molar-refractivity contribution is 5.94. The van der Waals surface area contributed by atoms with Crippen molar-refractivity contribution in [2.45, 2.75) is 76.4 Å². The van der Waals surface area contributed by atoms with E-state index in [2.05, 4.69) is 10.6 Å². The lowest BCUT2D eigenvalue weighted by molar-refractivity contribution is -0.172. The third-order valence-electron chi connectivity index (χ3n) is 9.94. The number of fused-ring (bicyclic) bond motifs is 13. The van der Waals surface area contributed by atoms with Crippen molar-refractivity contribution in [2.24, 2.45) is 17.3 Å². The first-order chi connectivity index (χ1) is 21.1. The summed E-state index contributed by atoms with van der Waals surface area (Å²) in [4.78, 5) is 41.4. The minimum absolute atomic E-state index is 0.0432. The number of benzene rings is 2. The fourth-order valence-corrected chi connectivity index (χ4v) is 8.50.